The maximum atomic E-state index is 11.4. The highest BCUT2D eigenvalue weighted by Gasteiger charge is 2.00. The van der Waals surface area contributed by atoms with Crippen LogP contribution in [0.25, 0.3) is 0 Å². The van der Waals surface area contributed by atoms with E-state index in [1.807, 2.05) is 30.3 Å². The van der Waals surface area contributed by atoms with E-state index in [1.54, 1.807) is 0 Å². The van der Waals surface area contributed by atoms with Crippen molar-refractivity contribution in [3.8, 4) is 0 Å². The number of hydrogen-bond acceptors (Lipinski definition) is 2. The number of carbonyl (C=O) groups excluding carboxylic acids is 1. The van der Waals surface area contributed by atoms with E-state index >= 15 is 0 Å². The van der Waals surface area contributed by atoms with Crippen molar-refractivity contribution in [2.45, 2.75) is 25.7 Å². The van der Waals surface area contributed by atoms with E-state index in [1.165, 1.54) is 5.56 Å². The molecule has 0 unspecified atom stereocenters. The molecule has 0 fully saturated rings. The molecule has 0 atom stereocenters. The molecular formula is C13H21ClN2O. The van der Waals surface area contributed by atoms with Crippen LogP contribution in [0.1, 0.15) is 24.8 Å². The van der Waals surface area contributed by atoms with Crippen molar-refractivity contribution < 1.29 is 4.79 Å². The SMILES string of the molecule is Cl.NCCCCNC(=O)CCc1ccccc1. The Morgan fingerprint density at radius 3 is 2.53 bits per heavy atom. The third kappa shape index (κ3) is 7.77. The number of aryl methyl sites for hydroxylation is 1. The van der Waals surface area contributed by atoms with Gasteiger partial charge in [-0.2, -0.15) is 0 Å². The molecule has 0 saturated carbocycles. The quantitative estimate of drug-likeness (QED) is 0.732. The summed E-state index contributed by atoms with van der Waals surface area (Å²) in [6.45, 7) is 1.44. The van der Waals surface area contributed by atoms with Gasteiger partial charge in [-0.25, -0.2) is 0 Å². The fourth-order valence-electron chi connectivity index (χ4n) is 1.49. The first-order chi connectivity index (χ1) is 7.83. The lowest BCUT2D eigenvalue weighted by Gasteiger charge is -2.04. The van der Waals surface area contributed by atoms with Gasteiger partial charge in [-0.1, -0.05) is 30.3 Å². The summed E-state index contributed by atoms with van der Waals surface area (Å²) in [5.41, 5.74) is 6.58. The van der Waals surface area contributed by atoms with E-state index in [0.717, 1.165) is 25.8 Å². The van der Waals surface area contributed by atoms with Gasteiger partial charge in [0.15, 0.2) is 0 Å². The van der Waals surface area contributed by atoms with Crippen molar-refractivity contribution in [3.63, 3.8) is 0 Å². The van der Waals surface area contributed by atoms with E-state index in [0.29, 0.717) is 13.0 Å². The molecule has 1 amide bonds. The molecule has 1 rings (SSSR count). The van der Waals surface area contributed by atoms with Gasteiger partial charge in [-0.05, 0) is 31.4 Å². The third-order valence-corrected chi connectivity index (χ3v) is 2.44. The standard InChI is InChI=1S/C13H20N2O.ClH/c14-10-4-5-11-15-13(16)9-8-12-6-2-1-3-7-12;/h1-3,6-7H,4-5,8-11,14H2,(H,15,16);1H. The van der Waals surface area contributed by atoms with Crippen molar-refractivity contribution in [2.75, 3.05) is 13.1 Å². The minimum atomic E-state index is 0. The molecule has 0 spiro atoms. The predicted molar refractivity (Wildman–Crippen MR) is 73.3 cm³/mol. The Morgan fingerprint density at radius 1 is 1.18 bits per heavy atom. The van der Waals surface area contributed by atoms with Crippen LogP contribution in [0.2, 0.25) is 0 Å². The van der Waals surface area contributed by atoms with E-state index in [9.17, 15) is 4.79 Å². The molecule has 3 nitrogen and oxygen atoms in total. The molecule has 0 radical (unpaired) electrons. The Hall–Kier alpha value is -1.06. The van der Waals surface area contributed by atoms with Gasteiger partial charge in [0.2, 0.25) is 5.91 Å². The van der Waals surface area contributed by atoms with E-state index in [4.69, 9.17) is 5.73 Å². The van der Waals surface area contributed by atoms with Crippen LogP contribution < -0.4 is 11.1 Å². The minimum Gasteiger partial charge on any atom is -0.356 e. The predicted octanol–water partition coefficient (Wildman–Crippen LogP) is 1.90. The van der Waals surface area contributed by atoms with Crippen molar-refractivity contribution in [1.82, 2.24) is 5.32 Å². The second-order valence-electron chi connectivity index (χ2n) is 3.83. The lowest BCUT2D eigenvalue weighted by atomic mass is 10.1. The number of benzene rings is 1. The Balaban J connectivity index is 0.00000256. The van der Waals surface area contributed by atoms with Gasteiger partial charge >= 0.3 is 0 Å². The summed E-state index contributed by atoms with van der Waals surface area (Å²) in [7, 11) is 0. The minimum absolute atomic E-state index is 0. The van der Waals surface area contributed by atoms with E-state index in [2.05, 4.69) is 5.32 Å². The first-order valence-electron chi connectivity index (χ1n) is 5.83. The molecule has 1 aromatic carbocycles. The van der Waals surface area contributed by atoms with Gasteiger partial charge in [-0.3, -0.25) is 4.79 Å². The molecule has 0 heterocycles. The molecular weight excluding hydrogens is 236 g/mol. The largest absolute Gasteiger partial charge is 0.356 e. The van der Waals surface area contributed by atoms with Gasteiger partial charge in [-0.15, -0.1) is 12.4 Å². The van der Waals surface area contributed by atoms with Crippen LogP contribution >= 0.6 is 12.4 Å². The zero-order chi connectivity index (χ0) is 11.6. The molecule has 1 aromatic rings. The number of rotatable bonds is 7. The number of amides is 1. The van der Waals surface area contributed by atoms with Gasteiger partial charge in [0.05, 0.1) is 0 Å². The average Bonchev–Trinajstić information content (AvgIpc) is 2.33. The number of unbranched alkanes of at least 4 members (excludes halogenated alkanes) is 1. The van der Waals surface area contributed by atoms with Crippen LogP contribution in [0.15, 0.2) is 30.3 Å². The fraction of sp³-hybridized carbons (Fsp3) is 0.462. The van der Waals surface area contributed by atoms with Gasteiger partial charge < -0.3 is 11.1 Å². The summed E-state index contributed by atoms with van der Waals surface area (Å²) in [5.74, 6) is 0.126. The second kappa shape index (κ2) is 10.1. The summed E-state index contributed by atoms with van der Waals surface area (Å²) < 4.78 is 0. The summed E-state index contributed by atoms with van der Waals surface area (Å²) in [6.07, 6.45) is 3.31. The first kappa shape index (κ1) is 15.9. The Kier molecular flexibility index (Phi) is 9.49. The van der Waals surface area contributed by atoms with Crippen LogP contribution in [-0.4, -0.2) is 19.0 Å². The molecule has 4 heteroatoms. The van der Waals surface area contributed by atoms with Gasteiger partial charge in [0.25, 0.3) is 0 Å². The first-order valence-corrected chi connectivity index (χ1v) is 5.83. The highest BCUT2D eigenvalue weighted by Crippen LogP contribution is 2.01. The van der Waals surface area contributed by atoms with Crippen LogP contribution in [0, 0.1) is 0 Å². The Morgan fingerprint density at radius 2 is 1.88 bits per heavy atom. The number of halogens is 1. The molecule has 96 valence electrons. The zero-order valence-electron chi connectivity index (χ0n) is 10.0. The molecule has 0 bridgehead atoms. The topological polar surface area (TPSA) is 55.1 Å². The van der Waals surface area contributed by atoms with Crippen molar-refractivity contribution in [3.05, 3.63) is 35.9 Å². The smallest absolute Gasteiger partial charge is 0.220 e. The maximum absolute atomic E-state index is 11.4. The van der Waals surface area contributed by atoms with Crippen LogP contribution in [0.5, 0.6) is 0 Å². The molecule has 0 saturated heterocycles. The third-order valence-electron chi connectivity index (χ3n) is 2.44. The highest BCUT2D eigenvalue weighted by molar-refractivity contribution is 5.85. The summed E-state index contributed by atoms with van der Waals surface area (Å²) >= 11 is 0. The Labute approximate surface area is 109 Å². The lowest BCUT2D eigenvalue weighted by molar-refractivity contribution is -0.121. The van der Waals surface area contributed by atoms with Crippen molar-refractivity contribution in [1.29, 1.82) is 0 Å². The van der Waals surface area contributed by atoms with Crippen LogP contribution in [0.3, 0.4) is 0 Å². The number of nitrogens with two attached hydrogens (primary N) is 1. The van der Waals surface area contributed by atoms with Crippen LogP contribution in [-0.2, 0) is 11.2 Å². The number of carbonyl (C=O) groups is 1. The average molecular weight is 257 g/mol. The lowest BCUT2D eigenvalue weighted by Crippen LogP contribution is -2.25. The molecule has 0 aliphatic heterocycles. The summed E-state index contributed by atoms with van der Waals surface area (Å²) in [4.78, 5) is 11.4. The molecule has 0 aromatic heterocycles. The van der Waals surface area contributed by atoms with E-state index < -0.39 is 0 Å². The molecule has 17 heavy (non-hydrogen) atoms. The maximum Gasteiger partial charge on any atom is 0.220 e. The monoisotopic (exact) mass is 256 g/mol. The fourth-order valence-corrected chi connectivity index (χ4v) is 1.49. The summed E-state index contributed by atoms with van der Waals surface area (Å²) in [5, 5.41) is 2.89. The van der Waals surface area contributed by atoms with E-state index in [-0.39, 0.29) is 18.3 Å². The van der Waals surface area contributed by atoms with Gasteiger partial charge in [0.1, 0.15) is 0 Å². The van der Waals surface area contributed by atoms with Crippen molar-refractivity contribution >= 4 is 18.3 Å². The van der Waals surface area contributed by atoms with Crippen LogP contribution in [0.4, 0.5) is 0 Å². The number of nitrogens with one attached hydrogen (secondary N) is 1. The molecule has 0 aliphatic carbocycles. The van der Waals surface area contributed by atoms with Gasteiger partial charge in [0, 0.05) is 13.0 Å². The molecule has 0 aliphatic rings. The zero-order valence-corrected chi connectivity index (χ0v) is 10.8. The highest BCUT2D eigenvalue weighted by atomic mass is 35.5. The van der Waals surface area contributed by atoms with Crippen molar-refractivity contribution in [2.24, 2.45) is 5.73 Å². The Bertz CT molecular complexity index is 304. The molecule has 3 N–H and O–H groups in total. The second-order valence-corrected chi connectivity index (χ2v) is 3.83. The number of hydrogen-bond donors (Lipinski definition) is 2. The summed E-state index contributed by atoms with van der Waals surface area (Å²) in [6, 6.07) is 10.1. The normalized spacial score (nSPS) is 9.47.